The summed E-state index contributed by atoms with van der Waals surface area (Å²) in [5, 5.41) is 13.9. The average Bonchev–Trinajstić information content (AvgIpc) is 3.05. The molecule has 0 aliphatic heterocycles. The molecule has 1 heterocycles. The van der Waals surface area contributed by atoms with E-state index >= 15 is 0 Å². The molecule has 0 radical (unpaired) electrons. The summed E-state index contributed by atoms with van der Waals surface area (Å²) in [4.78, 5) is 0. The maximum atomic E-state index is 13.7. The maximum absolute atomic E-state index is 13.7. The highest BCUT2D eigenvalue weighted by Gasteiger charge is 2.31. The number of rotatable bonds is 8. The average molecular weight is 417 g/mol. The maximum Gasteiger partial charge on any atom is 0.123 e. The van der Waals surface area contributed by atoms with E-state index in [-0.39, 0.29) is 5.82 Å². The lowest BCUT2D eigenvalue weighted by atomic mass is 9.82. The van der Waals surface area contributed by atoms with Gasteiger partial charge in [0.2, 0.25) is 0 Å². The molecule has 0 bridgehead atoms. The lowest BCUT2D eigenvalue weighted by Crippen LogP contribution is -2.22. The van der Waals surface area contributed by atoms with Gasteiger partial charge < -0.3 is 15.6 Å². The van der Waals surface area contributed by atoms with E-state index in [1.165, 1.54) is 12.1 Å². The van der Waals surface area contributed by atoms with Gasteiger partial charge >= 0.3 is 0 Å². The van der Waals surface area contributed by atoms with Crippen LogP contribution < -0.4 is 11.1 Å². The van der Waals surface area contributed by atoms with Crippen molar-refractivity contribution in [3.63, 3.8) is 0 Å². The van der Waals surface area contributed by atoms with Gasteiger partial charge in [0.1, 0.15) is 5.82 Å². The van der Waals surface area contributed by atoms with Crippen molar-refractivity contribution in [1.29, 1.82) is 5.26 Å². The van der Waals surface area contributed by atoms with Gasteiger partial charge in [0.05, 0.1) is 11.6 Å². The van der Waals surface area contributed by atoms with Crippen molar-refractivity contribution in [2.45, 2.75) is 38.5 Å². The summed E-state index contributed by atoms with van der Waals surface area (Å²) in [5.41, 5.74) is 12.0. The quantitative estimate of drug-likeness (QED) is 0.470. The number of anilines is 1. The Balaban J connectivity index is 2.49. The van der Waals surface area contributed by atoms with Crippen molar-refractivity contribution in [3.05, 3.63) is 77.9 Å². The van der Waals surface area contributed by atoms with E-state index in [1.807, 2.05) is 13.1 Å². The van der Waals surface area contributed by atoms with Crippen molar-refractivity contribution in [2.24, 2.45) is 5.73 Å². The summed E-state index contributed by atoms with van der Waals surface area (Å²) in [5.74, 6) is -0.290. The standard InChI is InChI=1S/C26H29FN4/c1-6-18-15-24-22(16-23(18)30-5)21(12-7-17(2)29)25(26(3,4)13-14-28)31(24)20-10-8-19(27)9-11-20/h6,8-11,15-16,30H,1-2,7,12-13,29H2,3-5H3. The molecule has 0 fully saturated rings. The molecule has 0 unspecified atom stereocenters. The molecule has 0 aliphatic rings. The number of aryl methyl sites for hydroxylation is 1. The van der Waals surface area contributed by atoms with Crippen molar-refractivity contribution in [1.82, 2.24) is 4.57 Å². The minimum absolute atomic E-state index is 0.290. The molecule has 0 saturated carbocycles. The monoisotopic (exact) mass is 416 g/mol. The van der Waals surface area contributed by atoms with Crippen LogP contribution >= 0.6 is 0 Å². The first kappa shape index (κ1) is 22.2. The van der Waals surface area contributed by atoms with Crippen molar-refractivity contribution >= 4 is 22.7 Å². The number of hydrogen-bond donors (Lipinski definition) is 2. The van der Waals surface area contributed by atoms with Crippen molar-refractivity contribution < 1.29 is 4.39 Å². The van der Waals surface area contributed by atoms with Gasteiger partial charge in [0.25, 0.3) is 0 Å². The van der Waals surface area contributed by atoms with Crippen LogP contribution in [0.3, 0.4) is 0 Å². The molecule has 3 aromatic rings. The van der Waals surface area contributed by atoms with E-state index in [1.54, 1.807) is 12.1 Å². The number of fused-ring (bicyclic) bond motifs is 1. The number of benzene rings is 2. The number of nitrogens with two attached hydrogens (primary N) is 1. The van der Waals surface area contributed by atoms with Gasteiger partial charge in [-0.25, -0.2) is 4.39 Å². The Labute approximate surface area is 183 Å². The first-order valence-electron chi connectivity index (χ1n) is 10.3. The largest absolute Gasteiger partial charge is 0.403 e. The Morgan fingerprint density at radius 3 is 2.52 bits per heavy atom. The van der Waals surface area contributed by atoms with E-state index in [0.717, 1.165) is 39.1 Å². The Bertz CT molecular complexity index is 1180. The second-order valence-electron chi connectivity index (χ2n) is 8.43. The first-order valence-corrected chi connectivity index (χ1v) is 10.3. The molecule has 0 atom stereocenters. The van der Waals surface area contributed by atoms with E-state index in [9.17, 15) is 9.65 Å². The third kappa shape index (κ3) is 4.20. The molecule has 0 spiro atoms. The predicted octanol–water partition coefficient (Wildman–Crippen LogP) is 6.05. The molecule has 3 N–H and O–H groups in total. The predicted molar refractivity (Wildman–Crippen MR) is 128 cm³/mol. The van der Waals surface area contributed by atoms with Crippen LogP contribution in [-0.2, 0) is 11.8 Å². The molecule has 0 amide bonds. The third-order valence-corrected chi connectivity index (χ3v) is 5.68. The topological polar surface area (TPSA) is 66.8 Å². The van der Waals surface area contributed by atoms with Crippen LogP contribution in [0.1, 0.15) is 43.5 Å². The van der Waals surface area contributed by atoms with Crippen molar-refractivity contribution in [3.8, 4) is 11.8 Å². The highest BCUT2D eigenvalue weighted by Crippen LogP contribution is 2.41. The number of nitrogens with zero attached hydrogens (tertiary/aromatic N) is 2. The fraction of sp³-hybridized carbons (Fsp3) is 0.269. The lowest BCUT2D eigenvalue weighted by Gasteiger charge is -2.26. The lowest BCUT2D eigenvalue weighted by molar-refractivity contribution is 0.508. The summed E-state index contributed by atoms with van der Waals surface area (Å²) >= 11 is 0. The minimum Gasteiger partial charge on any atom is -0.403 e. The zero-order valence-electron chi connectivity index (χ0n) is 18.4. The Morgan fingerprint density at radius 2 is 1.97 bits per heavy atom. The molecular weight excluding hydrogens is 387 g/mol. The van der Waals surface area contributed by atoms with Crippen LogP contribution in [0.25, 0.3) is 22.7 Å². The van der Waals surface area contributed by atoms with Crippen LogP contribution in [0.5, 0.6) is 0 Å². The SMILES string of the molecule is C=Cc1cc2c(cc1NC)c(CCC(=C)N)c(C(C)(C)CC#N)n2-c1ccc(F)cc1. The molecule has 0 saturated heterocycles. The summed E-state index contributed by atoms with van der Waals surface area (Å²) in [7, 11) is 1.88. The first-order chi connectivity index (χ1) is 14.7. The van der Waals surface area contributed by atoms with E-state index in [0.29, 0.717) is 25.0 Å². The number of aromatic nitrogens is 1. The number of halogens is 1. The Morgan fingerprint density at radius 1 is 1.29 bits per heavy atom. The fourth-order valence-electron chi connectivity index (χ4n) is 4.19. The Hall–Kier alpha value is -3.52. The molecule has 4 nitrogen and oxygen atoms in total. The summed E-state index contributed by atoms with van der Waals surface area (Å²) in [6, 6.07) is 13.0. The van der Waals surface area contributed by atoms with Crippen LogP contribution in [-0.4, -0.2) is 11.6 Å². The smallest absolute Gasteiger partial charge is 0.123 e. The van der Waals surface area contributed by atoms with Gasteiger partial charge in [-0.3, -0.25) is 0 Å². The van der Waals surface area contributed by atoms with Crippen LogP contribution in [0, 0.1) is 17.1 Å². The minimum atomic E-state index is -0.443. The highest BCUT2D eigenvalue weighted by atomic mass is 19.1. The van der Waals surface area contributed by atoms with Crippen LogP contribution in [0.2, 0.25) is 0 Å². The summed E-state index contributed by atoms with van der Waals surface area (Å²) in [6.07, 6.45) is 3.49. The normalized spacial score (nSPS) is 11.3. The van der Waals surface area contributed by atoms with Crippen molar-refractivity contribution in [2.75, 3.05) is 12.4 Å². The van der Waals surface area contributed by atoms with Crippen LogP contribution in [0.15, 0.2) is 55.3 Å². The van der Waals surface area contributed by atoms with Gasteiger partial charge in [-0.2, -0.15) is 5.26 Å². The fourth-order valence-corrected chi connectivity index (χ4v) is 4.19. The van der Waals surface area contributed by atoms with E-state index < -0.39 is 5.41 Å². The molecule has 2 aromatic carbocycles. The zero-order chi connectivity index (χ0) is 22.8. The molecule has 5 heteroatoms. The van der Waals surface area contributed by atoms with Crippen LogP contribution in [0.4, 0.5) is 10.1 Å². The van der Waals surface area contributed by atoms with E-state index in [2.05, 4.69) is 55.1 Å². The molecule has 160 valence electrons. The third-order valence-electron chi connectivity index (χ3n) is 5.68. The number of hydrogen-bond acceptors (Lipinski definition) is 3. The van der Waals surface area contributed by atoms with Gasteiger partial charge in [-0.15, -0.1) is 0 Å². The second-order valence-corrected chi connectivity index (χ2v) is 8.43. The second kappa shape index (κ2) is 8.69. The number of allylic oxidation sites excluding steroid dienone is 1. The molecular formula is C26H29FN4. The summed E-state index contributed by atoms with van der Waals surface area (Å²) in [6.45, 7) is 12.0. The zero-order valence-corrected chi connectivity index (χ0v) is 18.4. The highest BCUT2D eigenvalue weighted by molar-refractivity contribution is 5.93. The molecule has 31 heavy (non-hydrogen) atoms. The number of nitriles is 1. The summed E-state index contributed by atoms with van der Waals surface area (Å²) < 4.78 is 15.9. The Kier molecular flexibility index (Phi) is 6.21. The molecule has 3 rings (SSSR count). The van der Waals surface area contributed by atoms with Gasteiger partial charge in [0, 0.05) is 47.0 Å². The van der Waals surface area contributed by atoms with Gasteiger partial charge in [0.15, 0.2) is 0 Å². The van der Waals surface area contributed by atoms with Gasteiger partial charge in [-0.1, -0.05) is 33.1 Å². The number of nitrogens with one attached hydrogen (secondary N) is 1. The molecule has 0 aliphatic carbocycles. The molecule has 1 aromatic heterocycles. The van der Waals surface area contributed by atoms with E-state index in [4.69, 9.17) is 5.73 Å². The van der Waals surface area contributed by atoms with Gasteiger partial charge in [-0.05, 0) is 60.4 Å².